The average molecular weight is 281 g/mol. The largest absolute Gasteiger partial charge is 0.372 e. The van der Waals surface area contributed by atoms with Gasteiger partial charge in [0.1, 0.15) is 0 Å². The first kappa shape index (κ1) is 14.3. The van der Waals surface area contributed by atoms with Crippen LogP contribution in [0.3, 0.4) is 0 Å². The topological polar surface area (TPSA) is 21.3 Å². The van der Waals surface area contributed by atoms with E-state index in [-0.39, 0.29) is 6.10 Å². The van der Waals surface area contributed by atoms with Gasteiger partial charge in [-0.25, -0.2) is 0 Å². The molecular formula is C19H23NO. The van der Waals surface area contributed by atoms with Crippen molar-refractivity contribution in [3.05, 3.63) is 70.8 Å². The van der Waals surface area contributed by atoms with Gasteiger partial charge >= 0.3 is 0 Å². The molecule has 1 N–H and O–H groups in total. The fourth-order valence-corrected chi connectivity index (χ4v) is 3.19. The van der Waals surface area contributed by atoms with Crippen LogP contribution in [0.4, 0.5) is 0 Å². The van der Waals surface area contributed by atoms with Crippen molar-refractivity contribution < 1.29 is 4.74 Å². The number of fused-ring (bicyclic) bond motifs is 1. The molecule has 2 unspecified atom stereocenters. The first-order valence-corrected chi connectivity index (χ1v) is 7.71. The third-order valence-electron chi connectivity index (χ3n) is 4.47. The molecule has 2 aromatic carbocycles. The summed E-state index contributed by atoms with van der Waals surface area (Å²) in [5.74, 6) is 0. The van der Waals surface area contributed by atoms with Crippen molar-refractivity contribution in [2.75, 3.05) is 13.7 Å². The summed E-state index contributed by atoms with van der Waals surface area (Å²) < 4.78 is 6.11. The smallest absolute Gasteiger partial charge is 0.0983 e. The van der Waals surface area contributed by atoms with Crippen molar-refractivity contribution >= 4 is 0 Å². The van der Waals surface area contributed by atoms with E-state index in [4.69, 9.17) is 4.74 Å². The Balaban J connectivity index is 1.86. The van der Waals surface area contributed by atoms with E-state index in [9.17, 15) is 0 Å². The van der Waals surface area contributed by atoms with Gasteiger partial charge in [-0.05, 0) is 49.1 Å². The van der Waals surface area contributed by atoms with Gasteiger partial charge < -0.3 is 10.1 Å². The number of benzene rings is 2. The van der Waals surface area contributed by atoms with Gasteiger partial charge in [0.15, 0.2) is 0 Å². The second-order valence-corrected chi connectivity index (χ2v) is 5.77. The Morgan fingerprint density at radius 1 is 1.14 bits per heavy atom. The van der Waals surface area contributed by atoms with Gasteiger partial charge in [-0.2, -0.15) is 0 Å². The molecule has 2 nitrogen and oxygen atoms in total. The maximum atomic E-state index is 6.11. The highest BCUT2D eigenvalue weighted by molar-refractivity contribution is 5.33. The average Bonchev–Trinajstić information content (AvgIpc) is 2.54. The molecule has 1 aliphatic heterocycles. The lowest BCUT2D eigenvalue weighted by Crippen LogP contribution is -2.38. The zero-order chi connectivity index (χ0) is 14.7. The van der Waals surface area contributed by atoms with E-state index in [0.29, 0.717) is 6.04 Å². The zero-order valence-electron chi connectivity index (χ0n) is 12.8. The minimum atomic E-state index is 0.138. The van der Waals surface area contributed by atoms with Crippen LogP contribution in [0.1, 0.15) is 28.4 Å². The molecule has 0 saturated carbocycles. The Hall–Kier alpha value is -1.64. The highest BCUT2D eigenvalue weighted by Crippen LogP contribution is 2.31. The minimum absolute atomic E-state index is 0.138. The quantitative estimate of drug-likeness (QED) is 0.927. The van der Waals surface area contributed by atoms with Crippen LogP contribution in [0.2, 0.25) is 0 Å². The lowest BCUT2D eigenvalue weighted by Gasteiger charge is -2.32. The van der Waals surface area contributed by atoms with Crippen molar-refractivity contribution in [2.24, 2.45) is 0 Å². The molecule has 0 fully saturated rings. The molecule has 0 bridgehead atoms. The molecule has 0 amide bonds. The van der Waals surface area contributed by atoms with Crippen LogP contribution in [0.15, 0.2) is 48.5 Å². The molecule has 21 heavy (non-hydrogen) atoms. The number of rotatable bonds is 4. The molecule has 1 heterocycles. The predicted octanol–water partition coefficient (Wildman–Crippen LogP) is 3.44. The number of nitrogens with one attached hydrogen (secondary N) is 1. The standard InChI is InChI=1S/C19H23NO/c1-14-7-3-4-9-16(14)13-18(20-2)19-17-10-6-5-8-15(17)11-12-21-19/h3-10,18-20H,11-13H2,1-2H3. The summed E-state index contributed by atoms with van der Waals surface area (Å²) in [6.45, 7) is 2.99. The molecule has 2 atom stereocenters. The fourth-order valence-electron chi connectivity index (χ4n) is 3.19. The Labute approximate surface area is 127 Å². The molecule has 110 valence electrons. The maximum absolute atomic E-state index is 6.11. The Bertz CT molecular complexity index is 608. The van der Waals surface area contributed by atoms with E-state index in [1.165, 1.54) is 22.3 Å². The molecule has 3 rings (SSSR count). The third-order valence-corrected chi connectivity index (χ3v) is 4.47. The summed E-state index contributed by atoms with van der Waals surface area (Å²) in [7, 11) is 2.03. The fraction of sp³-hybridized carbons (Fsp3) is 0.368. The molecule has 0 saturated heterocycles. The van der Waals surface area contributed by atoms with Crippen LogP contribution in [0.5, 0.6) is 0 Å². The Morgan fingerprint density at radius 3 is 2.71 bits per heavy atom. The Kier molecular flexibility index (Phi) is 4.37. The van der Waals surface area contributed by atoms with Crippen LogP contribution >= 0.6 is 0 Å². The van der Waals surface area contributed by atoms with Crippen LogP contribution in [-0.2, 0) is 17.6 Å². The van der Waals surface area contributed by atoms with Crippen LogP contribution in [-0.4, -0.2) is 19.7 Å². The normalized spacial score (nSPS) is 19.0. The second-order valence-electron chi connectivity index (χ2n) is 5.77. The molecule has 0 aliphatic carbocycles. The van der Waals surface area contributed by atoms with Crippen molar-refractivity contribution in [1.29, 1.82) is 0 Å². The monoisotopic (exact) mass is 281 g/mol. The van der Waals surface area contributed by atoms with E-state index in [1.54, 1.807) is 0 Å². The van der Waals surface area contributed by atoms with Gasteiger partial charge in [0.2, 0.25) is 0 Å². The summed E-state index contributed by atoms with van der Waals surface area (Å²) in [5.41, 5.74) is 5.51. The summed E-state index contributed by atoms with van der Waals surface area (Å²) >= 11 is 0. The number of likely N-dealkylation sites (N-methyl/N-ethyl adjacent to an activating group) is 1. The number of aryl methyl sites for hydroxylation is 1. The van der Waals surface area contributed by atoms with Crippen LogP contribution in [0.25, 0.3) is 0 Å². The summed E-state index contributed by atoms with van der Waals surface area (Å²) in [5, 5.41) is 3.46. The van der Waals surface area contributed by atoms with Crippen molar-refractivity contribution in [1.82, 2.24) is 5.32 Å². The molecule has 2 heteroatoms. The molecule has 2 aromatic rings. The van der Waals surface area contributed by atoms with Gasteiger partial charge in [-0.1, -0.05) is 48.5 Å². The van der Waals surface area contributed by atoms with Gasteiger partial charge in [-0.15, -0.1) is 0 Å². The van der Waals surface area contributed by atoms with E-state index in [1.807, 2.05) is 7.05 Å². The van der Waals surface area contributed by atoms with Gasteiger partial charge in [0.25, 0.3) is 0 Å². The SMILES string of the molecule is CNC(Cc1ccccc1C)C1OCCc2ccccc21. The number of hydrogen-bond donors (Lipinski definition) is 1. The Morgan fingerprint density at radius 2 is 1.90 bits per heavy atom. The van der Waals surface area contributed by atoms with Crippen molar-refractivity contribution in [3.8, 4) is 0 Å². The number of hydrogen-bond acceptors (Lipinski definition) is 2. The first-order valence-electron chi connectivity index (χ1n) is 7.71. The van der Waals surface area contributed by atoms with E-state index < -0.39 is 0 Å². The summed E-state index contributed by atoms with van der Waals surface area (Å²) in [4.78, 5) is 0. The third kappa shape index (κ3) is 3.02. The highest BCUT2D eigenvalue weighted by Gasteiger charge is 2.28. The molecular weight excluding hydrogens is 258 g/mol. The van der Waals surface area contributed by atoms with Crippen molar-refractivity contribution in [3.63, 3.8) is 0 Å². The highest BCUT2D eigenvalue weighted by atomic mass is 16.5. The predicted molar refractivity (Wildman–Crippen MR) is 86.6 cm³/mol. The summed E-state index contributed by atoms with van der Waals surface area (Å²) in [6, 6.07) is 17.6. The second kappa shape index (κ2) is 6.42. The van der Waals surface area contributed by atoms with Crippen LogP contribution < -0.4 is 5.32 Å². The number of ether oxygens (including phenoxy) is 1. The maximum Gasteiger partial charge on any atom is 0.0983 e. The summed E-state index contributed by atoms with van der Waals surface area (Å²) in [6.07, 6.45) is 2.15. The first-order chi connectivity index (χ1) is 10.3. The lowest BCUT2D eigenvalue weighted by atomic mass is 9.89. The van der Waals surface area contributed by atoms with Crippen molar-refractivity contribution in [2.45, 2.75) is 31.9 Å². The van der Waals surface area contributed by atoms with E-state index >= 15 is 0 Å². The van der Waals surface area contributed by atoms with Gasteiger partial charge in [-0.3, -0.25) is 0 Å². The molecule has 1 aliphatic rings. The van der Waals surface area contributed by atoms with Gasteiger partial charge in [0.05, 0.1) is 12.7 Å². The lowest BCUT2D eigenvalue weighted by molar-refractivity contribution is 0.0172. The molecule has 0 aromatic heterocycles. The van der Waals surface area contributed by atoms with E-state index in [0.717, 1.165) is 19.4 Å². The van der Waals surface area contributed by atoms with Gasteiger partial charge in [0, 0.05) is 6.04 Å². The minimum Gasteiger partial charge on any atom is -0.372 e. The molecule has 0 radical (unpaired) electrons. The zero-order valence-corrected chi connectivity index (χ0v) is 12.8. The van der Waals surface area contributed by atoms with Crippen LogP contribution in [0, 0.1) is 6.92 Å². The van der Waals surface area contributed by atoms with E-state index in [2.05, 4.69) is 60.8 Å². The molecule has 0 spiro atoms.